The smallest absolute Gasteiger partial charge is 0.183 e. The van der Waals surface area contributed by atoms with Gasteiger partial charge in [-0.2, -0.15) is 0 Å². The molecule has 0 unspecified atom stereocenters. The first-order valence-electron chi connectivity index (χ1n) is 13.7. The van der Waals surface area contributed by atoms with E-state index in [1.165, 1.54) is 89.9 Å². The Morgan fingerprint density at radius 3 is 1.97 bits per heavy atom. The molecule has 3 heteroatoms. The maximum absolute atomic E-state index is 6.02. The van der Waals surface area contributed by atoms with Gasteiger partial charge in [0.2, 0.25) is 0 Å². The van der Waals surface area contributed by atoms with Crippen LogP contribution < -0.4 is 4.74 Å². The molecule has 0 amide bonds. The molecule has 3 nitrogen and oxygen atoms in total. The fourth-order valence-electron chi connectivity index (χ4n) is 5.44. The predicted molar refractivity (Wildman–Crippen MR) is 133 cm³/mol. The molecular weight excluding hydrogens is 396 g/mol. The average molecular weight is 445 g/mol. The van der Waals surface area contributed by atoms with Crippen LogP contribution in [0.4, 0.5) is 0 Å². The zero-order chi connectivity index (χ0) is 22.4. The van der Waals surface area contributed by atoms with Crippen LogP contribution in [0, 0.1) is 17.8 Å². The van der Waals surface area contributed by atoms with E-state index in [1.807, 2.05) is 0 Å². The monoisotopic (exact) mass is 444 g/mol. The van der Waals surface area contributed by atoms with Gasteiger partial charge >= 0.3 is 0 Å². The van der Waals surface area contributed by atoms with Crippen molar-refractivity contribution >= 4 is 0 Å². The topological polar surface area (TPSA) is 27.7 Å². The summed E-state index contributed by atoms with van der Waals surface area (Å²) in [6, 6.07) is 8.33. The van der Waals surface area contributed by atoms with Gasteiger partial charge in [-0.05, 0) is 43.2 Å². The van der Waals surface area contributed by atoms with Crippen molar-refractivity contribution in [2.24, 2.45) is 17.8 Å². The van der Waals surface area contributed by atoms with Crippen LogP contribution in [-0.2, 0) is 9.47 Å². The van der Waals surface area contributed by atoms with Crippen molar-refractivity contribution in [3.05, 3.63) is 29.8 Å². The van der Waals surface area contributed by atoms with Crippen molar-refractivity contribution in [3.63, 3.8) is 0 Å². The molecule has 0 aromatic heterocycles. The molecule has 0 atom stereocenters. The molecule has 1 saturated heterocycles. The van der Waals surface area contributed by atoms with Gasteiger partial charge in [-0.15, -0.1) is 0 Å². The van der Waals surface area contributed by atoms with E-state index < -0.39 is 0 Å². The Hall–Kier alpha value is -1.06. The highest BCUT2D eigenvalue weighted by atomic mass is 16.7. The van der Waals surface area contributed by atoms with Gasteiger partial charge in [-0.1, -0.05) is 96.6 Å². The molecule has 1 aliphatic carbocycles. The molecule has 182 valence electrons. The van der Waals surface area contributed by atoms with Crippen LogP contribution in [0.25, 0.3) is 0 Å². The first-order valence-corrected chi connectivity index (χ1v) is 13.7. The second-order valence-electron chi connectivity index (χ2n) is 10.3. The van der Waals surface area contributed by atoms with Gasteiger partial charge in [-0.25, -0.2) is 0 Å². The predicted octanol–water partition coefficient (Wildman–Crippen LogP) is 8.47. The molecule has 3 rings (SSSR count). The Kier molecular flexibility index (Phi) is 12.0. The highest BCUT2D eigenvalue weighted by molar-refractivity contribution is 5.28. The molecule has 2 fully saturated rings. The lowest BCUT2D eigenvalue weighted by Crippen LogP contribution is -2.27. The van der Waals surface area contributed by atoms with Crippen LogP contribution in [0.5, 0.6) is 5.75 Å². The minimum atomic E-state index is -0.219. The number of rotatable bonds is 14. The van der Waals surface area contributed by atoms with E-state index in [0.717, 1.165) is 43.0 Å². The zero-order valence-electron chi connectivity index (χ0n) is 20.9. The van der Waals surface area contributed by atoms with Gasteiger partial charge in [0.05, 0.1) is 19.8 Å². The summed E-state index contributed by atoms with van der Waals surface area (Å²) in [7, 11) is 0. The number of hydrogen-bond acceptors (Lipinski definition) is 3. The van der Waals surface area contributed by atoms with Gasteiger partial charge in [-0.3, -0.25) is 0 Å². The summed E-state index contributed by atoms with van der Waals surface area (Å²) in [6.45, 7) is 7.04. The van der Waals surface area contributed by atoms with Crippen LogP contribution in [0.3, 0.4) is 0 Å². The first kappa shape index (κ1) is 25.6. The lowest BCUT2D eigenvalue weighted by molar-refractivity contribution is -0.206. The van der Waals surface area contributed by atoms with Crippen LogP contribution >= 0.6 is 0 Å². The van der Waals surface area contributed by atoms with Crippen molar-refractivity contribution in [2.45, 2.75) is 110 Å². The van der Waals surface area contributed by atoms with Gasteiger partial charge in [0.25, 0.3) is 0 Å². The highest BCUT2D eigenvalue weighted by Crippen LogP contribution is 2.34. The molecule has 1 saturated carbocycles. The summed E-state index contributed by atoms with van der Waals surface area (Å²) in [5.41, 5.74) is 1.10. The van der Waals surface area contributed by atoms with Crippen LogP contribution in [0.2, 0.25) is 0 Å². The molecule has 32 heavy (non-hydrogen) atoms. The van der Waals surface area contributed by atoms with Crippen molar-refractivity contribution in [1.29, 1.82) is 0 Å². The Balaban J connectivity index is 1.26. The van der Waals surface area contributed by atoms with E-state index in [2.05, 4.69) is 38.1 Å². The molecule has 0 spiro atoms. The standard InChI is InChI=1S/C29H48O3/c1-3-5-6-7-8-11-26-22-31-29(32-23-26)27-17-19-28(20-18-27)30-21-9-12-25-15-13-24(10-4-2)14-16-25/h17-20,24-26,29H,3-16,21-23H2,1-2H3. The molecule has 1 heterocycles. The lowest BCUT2D eigenvalue weighted by atomic mass is 9.78. The molecule has 0 radical (unpaired) electrons. The normalized spacial score (nSPS) is 26.2. The van der Waals surface area contributed by atoms with Gasteiger partial charge in [0.1, 0.15) is 5.75 Å². The molecular formula is C29H48O3. The SMILES string of the molecule is CCCCCCCC1COC(c2ccc(OCCCC3CCC(CCC)CC3)cc2)OC1. The van der Waals surface area contributed by atoms with E-state index in [4.69, 9.17) is 14.2 Å². The van der Waals surface area contributed by atoms with Crippen LogP contribution in [0.1, 0.15) is 116 Å². The average Bonchev–Trinajstić information content (AvgIpc) is 2.84. The van der Waals surface area contributed by atoms with Crippen LogP contribution in [0.15, 0.2) is 24.3 Å². The second-order valence-corrected chi connectivity index (χ2v) is 10.3. The summed E-state index contributed by atoms with van der Waals surface area (Å²) in [4.78, 5) is 0. The maximum atomic E-state index is 6.02. The van der Waals surface area contributed by atoms with Crippen molar-refractivity contribution < 1.29 is 14.2 Å². The quantitative estimate of drug-likeness (QED) is 0.269. The minimum Gasteiger partial charge on any atom is -0.494 e. The largest absolute Gasteiger partial charge is 0.494 e. The third-order valence-electron chi connectivity index (χ3n) is 7.52. The molecule has 1 aromatic carbocycles. The summed E-state index contributed by atoms with van der Waals surface area (Å²) in [5.74, 6) is 3.44. The first-order chi connectivity index (χ1) is 15.8. The third kappa shape index (κ3) is 9.06. The van der Waals surface area contributed by atoms with Gasteiger partial charge < -0.3 is 14.2 Å². The van der Waals surface area contributed by atoms with Gasteiger partial charge in [0, 0.05) is 11.5 Å². The molecule has 0 bridgehead atoms. The Morgan fingerprint density at radius 1 is 0.688 bits per heavy atom. The molecule has 2 aliphatic rings. The van der Waals surface area contributed by atoms with E-state index in [0.29, 0.717) is 5.92 Å². The van der Waals surface area contributed by atoms with E-state index in [9.17, 15) is 0 Å². The lowest BCUT2D eigenvalue weighted by Gasteiger charge is -2.29. The van der Waals surface area contributed by atoms with E-state index in [1.54, 1.807) is 0 Å². The van der Waals surface area contributed by atoms with E-state index in [-0.39, 0.29) is 6.29 Å². The number of unbranched alkanes of at least 4 members (excludes halogenated alkanes) is 4. The fourth-order valence-corrected chi connectivity index (χ4v) is 5.44. The maximum Gasteiger partial charge on any atom is 0.183 e. The number of hydrogen-bond donors (Lipinski definition) is 0. The van der Waals surface area contributed by atoms with Crippen LogP contribution in [-0.4, -0.2) is 19.8 Å². The molecule has 1 aromatic rings. The Bertz CT molecular complexity index is 583. The number of benzene rings is 1. The van der Waals surface area contributed by atoms with Crippen molar-refractivity contribution in [1.82, 2.24) is 0 Å². The molecule has 1 aliphatic heterocycles. The van der Waals surface area contributed by atoms with Crippen molar-refractivity contribution in [3.8, 4) is 5.75 Å². The van der Waals surface area contributed by atoms with Crippen molar-refractivity contribution in [2.75, 3.05) is 19.8 Å². The third-order valence-corrected chi connectivity index (χ3v) is 7.52. The Labute approximate surface area is 197 Å². The zero-order valence-corrected chi connectivity index (χ0v) is 20.9. The summed E-state index contributed by atoms with van der Waals surface area (Å²) >= 11 is 0. The van der Waals surface area contributed by atoms with E-state index >= 15 is 0 Å². The fraction of sp³-hybridized carbons (Fsp3) is 0.793. The number of ether oxygens (including phenoxy) is 3. The summed E-state index contributed by atoms with van der Waals surface area (Å²) in [6.07, 6.45) is 18.7. The molecule has 0 N–H and O–H groups in total. The summed E-state index contributed by atoms with van der Waals surface area (Å²) < 4.78 is 18.0. The minimum absolute atomic E-state index is 0.219. The second kappa shape index (κ2) is 15.0. The van der Waals surface area contributed by atoms with Gasteiger partial charge in [0.15, 0.2) is 6.29 Å². The highest BCUT2D eigenvalue weighted by Gasteiger charge is 2.23. The summed E-state index contributed by atoms with van der Waals surface area (Å²) in [5, 5.41) is 0. The Morgan fingerprint density at radius 2 is 1.31 bits per heavy atom.